The molecule has 1 aromatic heterocycles. The summed E-state index contributed by atoms with van der Waals surface area (Å²) in [4.78, 5) is 44.4. The summed E-state index contributed by atoms with van der Waals surface area (Å²) in [6.07, 6.45) is 1.48. The summed E-state index contributed by atoms with van der Waals surface area (Å²) in [7, 11) is 1.58. The molecule has 2 N–H and O–H groups in total. The van der Waals surface area contributed by atoms with Crippen LogP contribution in [0.15, 0.2) is 130 Å². The molecule has 0 radical (unpaired) electrons. The Morgan fingerprint density at radius 2 is 1.54 bits per heavy atom. The quantitative estimate of drug-likeness (QED) is 0.114. The zero-order chi connectivity index (χ0) is 34.9. The first-order valence-electron chi connectivity index (χ1n) is 16.0. The summed E-state index contributed by atoms with van der Waals surface area (Å²) in [5.41, 5.74) is 2.59. The third-order valence-corrected chi connectivity index (χ3v) is 9.11. The van der Waals surface area contributed by atoms with E-state index >= 15 is 0 Å². The van der Waals surface area contributed by atoms with Crippen LogP contribution >= 0.6 is 11.8 Å². The number of amides is 3. The van der Waals surface area contributed by atoms with Crippen molar-refractivity contribution in [1.29, 1.82) is 0 Å². The number of nitrogens with zero attached hydrogens (tertiary/aromatic N) is 2. The SMILES string of the molecule is COc1ccccc1-c1ccc(/C=C(\NC(=O)c2ccccc2)C(=O)Nc2ccc(SCC(=O)N3CCN(c4ccc(F)cc4)CC3)cc2)o1. The van der Waals surface area contributed by atoms with Crippen LogP contribution in [-0.4, -0.2) is 61.7 Å². The first-order chi connectivity index (χ1) is 24.4. The number of para-hydroxylation sites is 1. The van der Waals surface area contributed by atoms with Crippen LogP contribution in [0.1, 0.15) is 16.1 Å². The number of rotatable bonds is 11. The fraction of sp³-hybridized carbons (Fsp3) is 0.154. The smallest absolute Gasteiger partial charge is 0.272 e. The number of piperazine rings is 1. The van der Waals surface area contributed by atoms with Gasteiger partial charge in [0.2, 0.25) is 5.91 Å². The van der Waals surface area contributed by atoms with Gasteiger partial charge in [-0.3, -0.25) is 14.4 Å². The molecule has 0 aliphatic carbocycles. The standard InChI is InChI=1S/C39H35FN4O5S/c1-48-35-10-6-5-9-33(35)36-20-17-31(49-36)25-34(42-38(46)27-7-3-2-4-8-27)39(47)41-29-13-18-32(19-14-29)50-26-37(45)44-23-21-43(22-24-44)30-15-11-28(40)12-16-30/h2-20,25H,21-24,26H2,1H3,(H,41,47)(H,42,46)/b34-25-. The number of carbonyl (C=O) groups excluding carboxylic acids is 3. The van der Waals surface area contributed by atoms with Crippen molar-refractivity contribution in [2.45, 2.75) is 4.90 Å². The fourth-order valence-corrected chi connectivity index (χ4v) is 6.24. The first kappa shape index (κ1) is 34.1. The van der Waals surface area contributed by atoms with Gasteiger partial charge in [0, 0.05) is 54.1 Å². The zero-order valence-electron chi connectivity index (χ0n) is 27.3. The maximum Gasteiger partial charge on any atom is 0.272 e. The average molecular weight is 691 g/mol. The third kappa shape index (κ3) is 8.61. The molecule has 0 spiro atoms. The van der Waals surface area contributed by atoms with Gasteiger partial charge < -0.3 is 29.6 Å². The molecule has 254 valence electrons. The summed E-state index contributed by atoms with van der Waals surface area (Å²) in [5, 5.41) is 5.57. The molecule has 6 rings (SSSR count). The van der Waals surface area contributed by atoms with Crippen LogP contribution in [0, 0.1) is 5.82 Å². The lowest BCUT2D eigenvalue weighted by molar-refractivity contribution is -0.128. The van der Waals surface area contributed by atoms with Crippen molar-refractivity contribution in [2.75, 3.05) is 49.3 Å². The summed E-state index contributed by atoms with van der Waals surface area (Å²) >= 11 is 1.42. The van der Waals surface area contributed by atoms with Crippen LogP contribution in [0.2, 0.25) is 0 Å². The number of anilines is 2. The van der Waals surface area contributed by atoms with E-state index in [0.29, 0.717) is 54.7 Å². The number of furan rings is 1. The Morgan fingerprint density at radius 3 is 2.26 bits per heavy atom. The van der Waals surface area contributed by atoms with Crippen LogP contribution in [0.4, 0.5) is 15.8 Å². The van der Waals surface area contributed by atoms with Crippen molar-refractivity contribution in [3.63, 3.8) is 0 Å². The number of methoxy groups -OCH3 is 1. The van der Waals surface area contributed by atoms with Crippen molar-refractivity contribution in [1.82, 2.24) is 10.2 Å². The highest BCUT2D eigenvalue weighted by atomic mass is 32.2. The van der Waals surface area contributed by atoms with E-state index in [-0.39, 0.29) is 23.2 Å². The molecule has 1 aliphatic heterocycles. The number of thioether (sulfide) groups is 1. The molecule has 5 aromatic rings. The van der Waals surface area contributed by atoms with Crippen LogP contribution in [-0.2, 0) is 9.59 Å². The molecule has 0 atom stereocenters. The molecule has 2 heterocycles. The minimum Gasteiger partial charge on any atom is -0.496 e. The second-order valence-electron chi connectivity index (χ2n) is 11.4. The Morgan fingerprint density at radius 1 is 0.840 bits per heavy atom. The van der Waals surface area contributed by atoms with E-state index in [9.17, 15) is 18.8 Å². The molecule has 1 aliphatic rings. The van der Waals surface area contributed by atoms with Gasteiger partial charge in [-0.2, -0.15) is 0 Å². The topological polar surface area (TPSA) is 104 Å². The highest BCUT2D eigenvalue weighted by Crippen LogP contribution is 2.31. The van der Waals surface area contributed by atoms with Crippen molar-refractivity contribution >= 4 is 46.9 Å². The van der Waals surface area contributed by atoms with E-state index in [1.807, 2.05) is 41.3 Å². The van der Waals surface area contributed by atoms with E-state index in [2.05, 4.69) is 15.5 Å². The Balaban J connectivity index is 1.08. The zero-order valence-corrected chi connectivity index (χ0v) is 28.1. The van der Waals surface area contributed by atoms with E-state index in [1.165, 1.54) is 30.0 Å². The summed E-state index contributed by atoms with van der Waals surface area (Å²) in [6.45, 7) is 2.55. The normalized spacial score (nSPS) is 13.1. The van der Waals surface area contributed by atoms with Crippen molar-refractivity contribution < 1.29 is 27.9 Å². The van der Waals surface area contributed by atoms with Crippen molar-refractivity contribution in [3.8, 4) is 17.1 Å². The number of nitrogens with one attached hydrogen (secondary N) is 2. The Bertz CT molecular complexity index is 1970. The van der Waals surface area contributed by atoms with Gasteiger partial charge in [0.25, 0.3) is 11.8 Å². The molecule has 0 bridgehead atoms. The second-order valence-corrected chi connectivity index (χ2v) is 12.4. The lowest BCUT2D eigenvalue weighted by Crippen LogP contribution is -2.49. The predicted molar refractivity (Wildman–Crippen MR) is 194 cm³/mol. The van der Waals surface area contributed by atoms with Gasteiger partial charge in [-0.05, 0) is 84.9 Å². The van der Waals surface area contributed by atoms with Crippen molar-refractivity contribution in [3.05, 3.63) is 138 Å². The van der Waals surface area contributed by atoms with E-state index in [1.54, 1.807) is 73.8 Å². The van der Waals surface area contributed by atoms with Crippen LogP contribution < -0.4 is 20.3 Å². The molecule has 50 heavy (non-hydrogen) atoms. The van der Waals surface area contributed by atoms with Gasteiger partial charge in [-0.1, -0.05) is 30.3 Å². The third-order valence-electron chi connectivity index (χ3n) is 8.11. The van der Waals surface area contributed by atoms with Gasteiger partial charge in [0.1, 0.15) is 28.8 Å². The second kappa shape index (κ2) is 16.1. The predicted octanol–water partition coefficient (Wildman–Crippen LogP) is 6.94. The molecular formula is C39H35FN4O5S. The molecule has 0 saturated carbocycles. The lowest BCUT2D eigenvalue weighted by atomic mass is 10.1. The monoisotopic (exact) mass is 690 g/mol. The maximum absolute atomic E-state index is 13.5. The summed E-state index contributed by atoms with van der Waals surface area (Å²) < 4.78 is 24.8. The van der Waals surface area contributed by atoms with Gasteiger partial charge in [0.15, 0.2) is 0 Å². The highest BCUT2D eigenvalue weighted by Gasteiger charge is 2.22. The molecule has 11 heteroatoms. The van der Waals surface area contributed by atoms with Gasteiger partial charge >= 0.3 is 0 Å². The van der Waals surface area contributed by atoms with Gasteiger partial charge in [0.05, 0.1) is 18.4 Å². The number of benzene rings is 4. The van der Waals surface area contributed by atoms with Gasteiger partial charge in [-0.25, -0.2) is 4.39 Å². The maximum atomic E-state index is 13.5. The molecule has 1 saturated heterocycles. The largest absolute Gasteiger partial charge is 0.496 e. The molecule has 0 unspecified atom stereocenters. The fourth-order valence-electron chi connectivity index (χ4n) is 5.44. The Labute approximate surface area is 293 Å². The summed E-state index contributed by atoms with van der Waals surface area (Å²) in [5.74, 6) is 0.604. The van der Waals surface area contributed by atoms with Crippen LogP contribution in [0.25, 0.3) is 17.4 Å². The molecular weight excluding hydrogens is 656 g/mol. The molecule has 3 amide bonds. The number of carbonyl (C=O) groups is 3. The van der Waals surface area contributed by atoms with E-state index in [4.69, 9.17) is 9.15 Å². The molecule has 4 aromatic carbocycles. The number of halogens is 1. The minimum absolute atomic E-state index is 0.0108. The van der Waals surface area contributed by atoms with E-state index in [0.717, 1.165) is 16.1 Å². The number of hydrogen-bond donors (Lipinski definition) is 2. The first-order valence-corrected chi connectivity index (χ1v) is 17.0. The highest BCUT2D eigenvalue weighted by molar-refractivity contribution is 8.00. The molecule has 9 nitrogen and oxygen atoms in total. The summed E-state index contributed by atoms with van der Waals surface area (Å²) in [6, 6.07) is 33.1. The Hall–Kier alpha value is -5.81. The number of ether oxygens (including phenoxy) is 1. The van der Waals surface area contributed by atoms with Crippen LogP contribution in [0.3, 0.4) is 0 Å². The number of hydrogen-bond acceptors (Lipinski definition) is 7. The average Bonchev–Trinajstić information content (AvgIpc) is 3.63. The Kier molecular flexibility index (Phi) is 10.9. The molecule has 1 fully saturated rings. The van der Waals surface area contributed by atoms with Crippen LogP contribution in [0.5, 0.6) is 5.75 Å². The van der Waals surface area contributed by atoms with Crippen molar-refractivity contribution in [2.24, 2.45) is 0 Å². The lowest BCUT2D eigenvalue weighted by Gasteiger charge is -2.36. The van der Waals surface area contributed by atoms with Gasteiger partial charge in [-0.15, -0.1) is 11.8 Å². The minimum atomic E-state index is -0.542. The van der Waals surface area contributed by atoms with E-state index < -0.39 is 11.8 Å².